The van der Waals surface area contributed by atoms with Gasteiger partial charge in [0.15, 0.2) is 0 Å². The third-order valence-corrected chi connectivity index (χ3v) is 8.56. The number of nitrogens with zero attached hydrogens (tertiary/aromatic N) is 2. The molecule has 0 spiro atoms. The third-order valence-electron chi connectivity index (χ3n) is 8.56. The summed E-state index contributed by atoms with van der Waals surface area (Å²) < 4.78 is 0. The van der Waals surface area contributed by atoms with E-state index in [9.17, 15) is 0 Å². The topological polar surface area (TPSA) is 6.48 Å². The molecular formula is C46H36N2. The number of hydrogen-bond donors (Lipinski definition) is 0. The van der Waals surface area contributed by atoms with E-state index in [4.69, 9.17) is 0 Å². The van der Waals surface area contributed by atoms with Gasteiger partial charge in [0.05, 0.1) is 0 Å². The van der Waals surface area contributed by atoms with Gasteiger partial charge in [0.25, 0.3) is 0 Å². The zero-order valence-electron chi connectivity index (χ0n) is 26.8. The maximum absolute atomic E-state index is 4.02. The van der Waals surface area contributed by atoms with Gasteiger partial charge in [-0.15, -0.1) is 0 Å². The molecule has 0 bridgehead atoms. The van der Waals surface area contributed by atoms with Crippen LogP contribution in [0.1, 0.15) is 11.1 Å². The second-order valence-corrected chi connectivity index (χ2v) is 11.6. The van der Waals surface area contributed by atoms with Crippen LogP contribution in [0.4, 0.5) is 34.1 Å². The predicted octanol–water partition coefficient (Wildman–Crippen LogP) is 13.2. The number of anilines is 6. The van der Waals surface area contributed by atoms with Crippen molar-refractivity contribution in [2.75, 3.05) is 9.80 Å². The fourth-order valence-corrected chi connectivity index (χ4v) is 6.09. The fraction of sp³-hybridized carbons (Fsp3) is 0. The first-order chi connectivity index (χ1) is 23.7. The van der Waals surface area contributed by atoms with Crippen LogP contribution in [0, 0.1) is 0 Å². The Labute approximate surface area is 283 Å². The molecule has 7 rings (SSSR count). The standard InChI is InChI=1S/C46H36N2/c1-3-35-13-11-19-45(33-35)47(41-25-21-39(22-26-41)37-15-7-5-8-16-37)43-29-31-44(32-30-43)48(46-20-12-14-36(4-2)34-46)42-27-23-40(24-28-42)38-17-9-6-10-18-38/h3-34H,1-2H2. The highest BCUT2D eigenvalue weighted by atomic mass is 15.2. The van der Waals surface area contributed by atoms with Crippen molar-refractivity contribution < 1.29 is 0 Å². The Morgan fingerprint density at radius 1 is 0.292 bits per heavy atom. The molecule has 0 N–H and O–H groups in total. The Balaban J connectivity index is 1.29. The third kappa shape index (κ3) is 6.46. The summed E-state index contributed by atoms with van der Waals surface area (Å²) >= 11 is 0. The number of benzene rings is 7. The molecule has 48 heavy (non-hydrogen) atoms. The van der Waals surface area contributed by atoms with E-state index < -0.39 is 0 Å². The fourth-order valence-electron chi connectivity index (χ4n) is 6.09. The van der Waals surface area contributed by atoms with Crippen LogP contribution in [-0.2, 0) is 0 Å². The van der Waals surface area contributed by atoms with Crippen molar-refractivity contribution in [1.29, 1.82) is 0 Å². The molecule has 0 fully saturated rings. The Morgan fingerprint density at radius 3 is 0.938 bits per heavy atom. The molecule has 7 aromatic carbocycles. The molecule has 0 aliphatic rings. The van der Waals surface area contributed by atoms with Crippen LogP contribution in [0.3, 0.4) is 0 Å². The van der Waals surface area contributed by atoms with Crippen molar-refractivity contribution in [2.45, 2.75) is 0 Å². The summed E-state index contributed by atoms with van der Waals surface area (Å²) in [7, 11) is 0. The first kappa shape index (κ1) is 30.3. The summed E-state index contributed by atoms with van der Waals surface area (Å²) in [5, 5.41) is 0. The molecule has 0 aliphatic heterocycles. The quantitative estimate of drug-likeness (QED) is 0.151. The lowest BCUT2D eigenvalue weighted by Crippen LogP contribution is -2.12. The smallest absolute Gasteiger partial charge is 0.0467 e. The van der Waals surface area contributed by atoms with Gasteiger partial charge in [0.2, 0.25) is 0 Å². The zero-order valence-corrected chi connectivity index (χ0v) is 26.8. The van der Waals surface area contributed by atoms with Crippen LogP contribution in [-0.4, -0.2) is 0 Å². The molecule has 0 radical (unpaired) electrons. The molecule has 2 heteroatoms. The molecule has 7 aromatic rings. The molecule has 0 atom stereocenters. The van der Waals surface area contributed by atoms with Gasteiger partial charge in [-0.2, -0.15) is 0 Å². The van der Waals surface area contributed by atoms with Gasteiger partial charge in [-0.1, -0.05) is 135 Å². The van der Waals surface area contributed by atoms with E-state index in [-0.39, 0.29) is 0 Å². The molecule has 0 amide bonds. The molecule has 0 aromatic heterocycles. The van der Waals surface area contributed by atoms with Crippen LogP contribution in [0.25, 0.3) is 34.4 Å². The van der Waals surface area contributed by atoms with Crippen molar-refractivity contribution in [1.82, 2.24) is 0 Å². The maximum Gasteiger partial charge on any atom is 0.0467 e. The van der Waals surface area contributed by atoms with Gasteiger partial charge in [-0.05, 0) is 106 Å². The molecule has 0 heterocycles. The van der Waals surface area contributed by atoms with Gasteiger partial charge in [0.1, 0.15) is 0 Å². The lowest BCUT2D eigenvalue weighted by Gasteiger charge is -2.29. The second kappa shape index (κ2) is 13.9. The first-order valence-corrected chi connectivity index (χ1v) is 16.2. The first-order valence-electron chi connectivity index (χ1n) is 16.2. The highest BCUT2D eigenvalue weighted by molar-refractivity contribution is 5.83. The van der Waals surface area contributed by atoms with E-state index in [0.717, 1.165) is 45.3 Å². The minimum Gasteiger partial charge on any atom is -0.310 e. The van der Waals surface area contributed by atoms with E-state index in [1.807, 2.05) is 24.3 Å². The number of rotatable bonds is 10. The Hall–Kier alpha value is -6.38. The molecule has 230 valence electrons. The molecule has 0 saturated heterocycles. The molecule has 0 aliphatic carbocycles. The monoisotopic (exact) mass is 616 g/mol. The molecule has 0 saturated carbocycles. The summed E-state index contributed by atoms with van der Waals surface area (Å²) in [6.07, 6.45) is 3.78. The average Bonchev–Trinajstić information content (AvgIpc) is 3.17. The second-order valence-electron chi connectivity index (χ2n) is 11.6. The minimum atomic E-state index is 1.06. The van der Waals surface area contributed by atoms with Crippen molar-refractivity contribution in [3.05, 3.63) is 206 Å². The molecule has 2 nitrogen and oxygen atoms in total. The van der Waals surface area contributed by atoms with Gasteiger partial charge >= 0.3 is 0 Å². The highest BCUT2D eigenvalue weighted by Crippen LogP contribution is 2.40. The van der Waals surface area contributed by atoms with E-state index in [1.165, 1.54) is 22.3 Å². The summed E-state index contributed by atoms with van der Waals surface area (Å²) in [4.78, 5) is 4.59. The van der Waals surface area contributed by atoms with Gasteiger partial charge < -0.3 is 9.80 Å². The number of hydrogen-bond acceptors (Lipinski definition) is 2. The summed E-state index contributed by atoms with van der Waals surface area (Å²) in [5.74, 6) is 0. The minimum absolute atomic E-state index is 1.06. The molecular weight excluding hydrogens is 581 g/mol. The van der Waals surface area contributed by atoms with E-state index in [0.29, 0.717) is 0 Å². The van der Waals surface area contributed by atoms with E-state index >= 15 is 0 Å². The van der Waals surface area contributed by atoms with Gasteiger partial charge in [-0.25, -0.2) is 0 Å². The summed E-state index contributed by atoms with van der Waals surface area (Å²) in [5.41, 5.74) is 13.3. The van der Waals surface area contributed by atoms with Crippen molar-refractivity contribution in [2.24, 2.45) is 0 Å². The van der Waals surface area contributed by atoms with Crippen molar-refractivity contribution in [3.63, 3.8) is 0 Å². The molecule has 0 unspecified atom stereocenters. The largest absolute Gasteiger partial charge is 0.310 e. The van der Waals surface area contributed by atoms with Gasteiger partial charge in [-0.3, -0.25) is 0 Å². The summed E-state index contributed by atoms with van der Waals surface area (Å²) in [6, 6.07) is 64.3. The lowest BCUT2D eigenvalue weighted by atomic mass is 10.0. The lowest BCUT2D eigenvalue weighted by molar-refractivity contribution is 1.25. The van der Waals surface area contributed by atoms with Crippen LogP contribution in [0.15, 0.2) is 195 Å². The van der Waals surface area contributed by atoms with Crippen LogP contribution >= 0.6 is 0 Å². The van der Waals surface area contributed by atoms with Crippen LogP contribution in [0.2, 0.25) is 0 Å². The SMILES string of the molecule is C=Cc1cccc(N(c2ccc(-c3ccccc3)cc2)c2ccc(N(c3ccc(-c4ccccc4)cc3)c3cccc(C=C)c3)cc2)c1. The van der Waals surface area contributed by atoms with E-state index in [1.54, 1.807) is 0 Å². The zero-order chi connectivity index (χ0) is 32.7. The Morgan fingerprint density at radius 2 is 0.604 bits per heavy atom. The summed E-state index contributed by atoms with van der Waals surface area (Å²) in [6.45, 7) is 8.03. The van der Waals surface area contributed by atoms with E-state index in [2.05, 4.69) is 193 Å². The van der Waals surface area contributed by atoms with Crippen molar-refractivity contribution in [3.8, 4) is 22.3 Å². The van der Waals surface area contributed by atoms with Crippen LogP contribution in [0.5, 0.6) is 0 Å². The maximum atomic E-state index is 4.02. The Kier molecular flexibility index (Phi) is 8.80. The van der Waals surface area contributed by atoms with Gasteiger partial charge in [0, 0.05) is 34.1 Å². The van der Waals surface area contributed by atoms with Crippen molar-refractivity contribution >= 4 is 46.3 Å². The normalized spacial score (nSPS) is 10.7. The highest BCUT2D eigenvalue weighted by Gasteiger charge is 2.17. The predicted molar refractivity (Wildman–Crippen MR) is 207 cm³/mol. The Bertz CT molecular complexity index is 1970. The van der Waals surface area contributed by atoms with Crippen LogP contribution < -0.4 is 9.80 Å². The average molecular weight is 617 g/mol.